The second-order valence-corrected chi connectivity index (χ2v) is 7.92. The molecule has 0 aliphatic carbocycles. The summed E-state index contributed by atoms with van der Waals surface area (Å²) in [4.78, 5) is 30.5. The quantitative estimate of drug-likeness (QED) is 0.511. The van der Waals surface area contributed by atoms with E-state index in [2.05, 4.69) is 25.2 Å². The molecule has 0 spiro atoms. The van der Waals surface area contributed by atoms with Gasteiger partial charge in [-0.25, -0.2) is 15.0 Å². The molecule has 0 saturated carbocycles. The lowest BCUT2D eigenvalue weighted by molar-refractivity contribution is 0.0746. The molecule has 1 aliphatic rings. The molecule has 3 aromatic heterocycles. The lowest BCUT2D eigenvalue weighted by Crippen LogP contribution is -2.49. The lowest BCUT2D eigenvalue weighted by Gasteiger charge is -2.35. The Morgan fingerprint density at radius 1 is 0.879 bits per heavy atom. The van der Waals surface area contributed by atoms with Crippen LogP contribution in [-0.2, 0) is 0 Å². The summed E-state index contributed by atoms with van der Waals surface area (Å²) in [5, 5.41) is 3.23. The fraction of sp³-hybridized carbons (Fsp3) is 0.200. The maximum Gasteiger partial charge on any atom is 0.253 e. The number of piperazine rings is 1. The molecule has 1 aromatic carbocycles. The number of amides is 1. The van der Waals surface area contributed by atoms with Gasteiger partial charge in [0.15, 0.2) is 0 Å². The lowest BCUT2D eigenvalue weighted by atomic mass is 10.1. The Kier molecular flexibility index (Phi) is 5.72. The molecule has 4 aromatic rings. The summed E-state index contributed by atoms with van der Waals surface area (Å²) < 4.78 is 2.02. The topological polar surface area (TPSA) is 79.2 Å². The van der Waals surface area contributed by atoms with Gasteiger partial charge in [-0.05, 0) is 55.5 Å². The van der Waals surface area contributed by atoms with Gasteiger partial charge in [-0.2, -0.15) is 0 Å². The molecule has 0 unspecified atom stereocenters. The standard InChI is InChI=1S/C25H25N7O/c1-19-27-23(29-22-6-2-3-11-26-22)18-24(28-19)31-14-16-32(17-15-31)25(33)20-7-9-21(10-8-20)30-12-4-5-13-30/h2-13,18H,14-17H2,1H3,(H,26,27,28,29). The van der Waals surface area contributed by atoms with Gasteiger partial charge in [-0.3, -0.25) is 4.79 Å². The highest BCUT2D eigenvalue weighted by Gasteiger charge is 2.23. The number of pyridine rings is 1. The smallest absolute Gasteiger partial charge is 0.253 e. The van der Waals surface area contributed by atoms with Gasteiger partial charge in [-0.15, -0.1) is 0 Å². The first-order valence-electron chi connectivity index (χ1n) is 11.0. The van der Waals surface area contributed by atoms with E-state index < -0.39 is 0 Å². The third-order valence-corrected chi connectivity index (χ3v) is 5.65. The summed E-state index contributed by atoms with van der Waals surface area (Å²) >= 11 is 0. The van der Waals surface area contributed by atoms with Crippen molar-refractivity contribution in [3.05, 3.63) is 90.6 Å². The van der Waals surface area contributed by atoms with Crippen LogP contribution < -0.4 is 10.2 Å². The zero-order valence-corrected chi connectivity index (χ0v) is 18.4. The van der Waals surface area contributed by atoms with E-state index in [4.69, 9.17) is 0 Å². The van der Waals surface area contributed by atoms with E-state index in [1.54, 1.807) is 6.20 Å². The molecule has 0 atom stereocenters. The first kappa shape index (κ1) is 20.7. The molecule has 1 saturated heterocycles. The van der Waals surface area contributed by atoms with E-state index in [1.807, 2.05) is 89.4 Å². The Bertz CT molecular complexity index is 1220. The van der Waals surface area contributed by atoms with E-state index in [-0.39, 0.29) is 5.91 Å². The summed E-state index contributed by atoms with van der Waals surface area (Å²) in [6.07, 6.45) is 5.71. The van der Waals surface area contributed by atoms with E-state index in [0.29, 0.717) is 43.4 Å². The van der Waals surface area contributed by atoms with Crippen molar-refractivity contribution in [1.82, 2.24) is 24.4 Å². The summed E-state index contributed by atoms with van der Waals surface area (Å²) in [5.41, 5.74) is 1.75. The highest BCUT2D eigenvalue weighted by Crippen LogP contribution is 2.21. The fourth-order valence-corrected chi connectivity index (χ4v) is 3.95. The van der Waals surface area contributed by atoms with Crippen molar-refractivity contribution in [3.63, 3.8) is 0 Å². The van der Waals surface area contributed by atoms with Crippen LogP contribution in [0.5, 0.6) is 0 Å². The number of hydrogen-bond acceptors (Lipinski definition) is 6. The molecule has 4 heterocycles. The zero-order chi connectivity index (χ0) is 22.6. The Labute approximate surface area is 192 Å². The van der Waals surface area contributed by atoms with Crippen molar-refractivity contribution in [1.29, 1.82) is 0 Å². The molecule has 1 amide bonds. The van der Waals surface area contributed by atoms with Gasteiger partial charge in [0.2, 0.25) is 0 Å². The minimum Gasteiger partial charge on any atom is -0.353 e. The molecule has 5 rings (SSSR count). The number of carbonyl (C=O) groups is 1. The number of benzene rings is 1. The van der Waals surface area contributed by atoms with Crippen LogP contribution in [0.25, 0.3) is 5.69 Å². The summed E-state index contributed by atoms with van der Waals surface area (Å²) in [6, 6.07) is 19.3. The minimum absolute atomic E-state index is 0.0603. The Morgan fingerprint density at radius 2 is 1.64 bits per heavy atom. The highest BCUT2D eigenvalue weighted by molar-refractivity contribution is 5.94. The minimum atomic E-state index is 0.0603. The van der Waals surface area contributed by atoms with E-state index in [0.717, 1.165) is 17.3 Å². The van der Waals surface area contributed by atoms with Gasteiger partial charge < -0.3 is 19.7 Å². The number of hydrogen-bond donors (Lipinski definition) is 1. The van der Waals surface area contributed by atoms with Crippen LogP contribution in [0.15, 0.2) is 79.3 Å². The second-order valence-electron chi connectivity index (χ2n) is 7.92. The molecule has 8 heteroatoms. The van der Waals surface area contributed by atoms with E-state index in [9.17, 15) is 4.79 Å². The van der Waals surface area contributed by atoms with Crippen molar-refractivity contribution in [2.45, 2.75) is 6.92 Å². The maximum atomic E-state index is 13.0. The number of rotatable bonds is 5. The van der Waals surface area contributed by atoms with Gasteiger partial charge in [-0.1, -0.05) is 6.07 Å². The molecule has 166 valence electrons. The van der Waals surface area contributed by atoms with Gasteiger partial charge in [0.05, 0.1) is 0 Å². The zero-order valence-electron chi connectivity index (χ0n) is 18.4. The average molecular weight is 440 g/mol. The Balaban J connectivity index is 1.23. The number of nitrogens with zero attached hydrogens (tertiary/aromatic N) is 6. The molecule has 1 aliphatic heterocycles. The van der Waals surface area contributed by atoms with E-state index >= 15 is 0 Å². The normalized spacial score (nSPS) is 13.7. The van der Waals surface area contributed by atoms with Crippen LogP contribution in [0.3, 0.4) is 0 Å². The van der Waals surface area contributed by atoms with Crippen LogP contribution in [0, 0.1) is 6.92 Å². The van der Waals surface area contributed by atoms with Crippen LogP contribution in [0.2, 0.25) is 0 Å². The third kappa shape index (κ3) is 4.69. The maximum absolute atomic E-state index is 13.0. The monoisotopic (exact) mass is 439 g/mol. The summed E-state index contributed by atoms with van der Waals surface area (Å²) in [5.74, 6) is 3.04. The number of carbonyl (C=O) groups excluding carboxylic acids is 1. The molecule has 1 fully saturated rings. The Morgan fingerprint density at radius 3 is 2.33 bits per heavy atom. The number of aromatic nitrogens is 4. The van der Waals surface area contributed by atoms with E-state index in [1.165, 1.54) is 0 Å². The number of aryl methyl sites for hydroxylation is 1. The van der Waals surface area contributed by atoms with Crippen molar-refractivity contribution < 1.29 is 4.79 Å². The molecule has 0 bridgehead atoms. The summed E-state index contributed by atoms with van der Waals surface area (Å²) in [6.45, 7) is 4.60. The van der Waals surface area contributed by atoms with Crippen LogP contribution in [0.4, 0.5) is 17.5 Å². The van der Waals surface area contributed by atoms with Gasteiger partial charge in [0, 0.05) is 62.1 Å². The number of anilines is 3. The van der Waals surface area contributed by atoms with Crippen LogP contribution in [0.1, 0.15) is 16.2 Å². The molecular weight excluding hydrogens is 414 g/mol. The largest absolute Gasteiger partial charge is 0.353 e. The fourth-order valence-electron chi connectivity index (χ4n) is 3.95. The number of nitrogens with one attached hydrogen (secondary N) is 1. The predicted molar refractivity (Wildman–Crippen MR) is 128 cm³/mol. The first-order chi connectivity index (χ1) is 16.2. The average Bonchev–Trinajstić information content (AvgIpc) is 3.39. The third-order valence-electron chi connectivity index (χ3n) is 5.65. The van der Waals surface area contributed by atoms with Crippen molar-refractivity contribution in [2.24, 2.45) is 0 Å². The Hall–Kier alpha value is -4.20. The van der Waals surface area contributed by atoms with Crippen LogP contribution >= 0.6 is 0 Å². The molecule has 8 nitrogen and oxygen atoms in total. The van der Waals surface area contributed by atoms with Crippen molar-refractivity contribution in [2.75, 3.05) is 36.4 Å². The van der Waals surface area contributed by atoms with Gasteiger partial charge >= 0.3 is 0 Å². The molecule has 0 radical (unpaired) electrons. The molecule has 1 N–H and O–H groups in total. The molecule has 33 heavy (non-hydrogen) atoms. The highest BCUT2D eigenvalue weighted by atomic mass is 16.2. The van der Waals surface area contributed by atoms with Crippen LogP contribution in [-0.4, -0.2) is 56.5 Å². The van der Waals surface area contributed by atoms with Crippen molar-refractivity contribution in [3.8, 4) is 5.69 Å². The second kappa shape index (κ2) is 9.12. The predicted octanol–water partition coefficient (Wildman–Crippen LogP) is 3.68. The van der Waals surface area contributed by atoms with Crippen molar-refractivity contribution >= 4 is 23.4 Å². The SMILES string of the molecule is Cc1nc(Nc2ccccn2)cc(N2CCN(C(=O)c3ccc(-n4cccc4)cc3)CC2)n1. The molecular formula is C25H25N7O. The van der Waals surface area contributed by atoms with Gasteiger partial charge in [0.1, 0.15) is 23.3 Å². The van der Waals surface area contributed by atoms with Gasteiger partial charge in [0.25, 0.3) is 5.91 Å². The summed E-state index contributed by atoms with van der Waals surface area (Å²) in [7, 11) is 0. The first-order valence-corrected chi connectivity index (χ1v) is 11.0.